The summed E-state index contributed by atoms with van der Waals surface area (Å²) >= 11 is 0. The first-order valence-electron chi connectivity index (χ1n) is 8.51. The highest BCUT2D eigenvalue weighted by atomic mass is 19.1. The van der Waals surface area contributed by atoms with Gasteiger partial charge in [-0.1, -0.05) is 6.92 Å². The highest BCUT2D eigenvalue weighted by molar-refractivity contribution is 6.34. The number of nitrogens with one attached hydrogen (secondary N) is 4. The maximum absolute atomic E-state index is 13.5. The van der Waals surface area contributed by atoms with E-state index in [9.17, 15) is 14.0 Å². The first kappa shape index (κ1) is 17.9. The van der Waals surface area contributed by atoms with Crippen LogP contribution in [0.5, 0.6) is 0 Å². The van der Waals surface area contributed by atoms with Crippen molar-refractivity contribution in [1.29, 1.82) is 0 Å². The average Bonchev–Trinajstić information content (AvgIpc) is 3.09. The standard InChI is InChI=1S/C19H21FN4O2/c1-3-21-7-6-18(25)23-17-10-22-16(11(17)2)9-14-13-8-12(20)4-5-15(13)24-19(14)26/h4-5,8-10,21-22H,3,6-7H2,1-2H3,(H,23,25)(H,24,26)/b14-9-. The summed E-state index contributed by atoms with van der Waals surface area (Å²) in [4.78, 5) is 27.2. The van der Waals surface area contributed by atoms with Gasteiger partial charge in [0.1, 0.15) is 5.82 Å². The van der Waals surface area contributed by atoms with Crippen LogP contribution in [0.25, 0.3) is 11.6 Å². The minimum atomic E-state index is -0.400. The van der Waals surface area contributed by atoms with Gasteiger partial charge in [-0.2, -0.15) is 0 Å². The number of carbonyl (C=O) groups excluding carboxylic acids is 2. The highest BCUT2D eigenvalue weighted by Crippen LogP contribution is 2.34. The Labute approximate surface area is 150 Å². The summed E-state index contributed by atoms with van der Waals surface area (Å²) in [7, 11) is 0. The Morgan fingerprint density at radius 1 is 1.35 bits per heavy atom. The number of rotatable bonds is 6. The molecule has 0 saturated carbocycles. The van der Waals surface area contributed by atoms with E-state index in [0.29, 0.717) is 41.2 Å². The molecule has 0 bridgehead atoms. The maximum Gasteiger partial charge on any atom is 0.256 e. The summed E-state index contributed by atoms with van der Waals surface area (Å²) < 4.78 is 13.5. The number of fused-ring (bicyclic) bond motifs is 1. The van der Waals surface area contributed by atoms with Gasteiger partial charge in [-0.05, 0) is 43.3 Å². The van der Waals surface area contributed by atoms with Gasteiger partial charge in [-0.25, -0.2) is 4.39 Å². The van der Waals surface area contributed by atoms with Gasteiger partial charge in [0.05, 0.1) is 11.3 Å². The molecule has 0 fully saturated rings. The van der Waals surface area contributed by atoms with Crippen molar-refractivity contribution < 1.29 is 14.0 Å². The molecule has 2 amide bonds. The lowest BCUT2D eigenvalue weighted by molar-refractivity contribution is -0.116. The third-order valence-electron chi connectivity index (χ3n) is 4.29. The lowest BCUT2D eigenvalue weighted by Gasteiger charge is -2.05. The number of benzene rings is 1. The van der Waals surface area contributed by atoms with Crippen molar-refractivity contribution in [2.45, 2.75) is 20.3 Å². The molecule has 4 N–H and O–H groups in total. The molecule has 2 aromatic rings. The van der Waals surface area contributed by atoms with Crippen molar-refractivity contribution >= 4 is 34.8 Å². The van der Waals surface area contributed by atoms with E-state index in [1.54, 1.807) is 18.3 Å². The molecule has 136 valence electrons. The Morgan fingerprint density at radius 2 is 2.15 bits per heavy atom. The predicted molar refractivity (Wildman–Crippen MR) is 100 cm³/mol. The van der Waals surface area contributed by atoms with Gasteiger partial charge in [0, 0.05) is 36.1 Å². The minimum absolute atomic E-state index is 0.0849. The van der Waals surface area contributed by atoms with Gasteiger partial charge < -0.3 is 20.9 Å². The number of aromatic amines is 1. The molecule has 7 heteroatoms. The molecule has 1 aromatic carbocycles. The van der Waals surface area contributed by atoms with Gasteiger partial charge in [0.15, 0.2) is 0 Å². The zero-order chi connectivity index (χ0) is 18.7. The van der Waals surface area contributed by atoms with E-state index in [4.69, 9.17) is 0 Å². The second-order valence-electron chi connectivity index (χ2n) is 6.09. The zero-order valence-corrected chi connectivity index (χ0v) is 14.7. The average molecular weight is 356 g/mol. The van der Waals surface area contributed by atoms with E-state index in [-0.39, 0.29) is 11.8 Å². The second kappa shape index (κ2) is 7.53. The van der Waals surface area contributed by atoms with Crippen molar-refractivity contribution in [3.8, 4) is 0 Å². The highest BCUT2D eigenvalue weighted by Gasteiger charge is 2.25. The third kappa shape index (κ3) is 3.67. The van der Waals surface area contributed by atoms with Crippen LogP contribution in [0.15, 0.2) is 24.4 Å². The summed E-state index contributed by atoms with van der Waals surface area (Å²) in [6, 6.07) is 4.19. The van der Waals surface area contributed by atoms with Crippen LogP contribution in [-0.2, 0) is 9.59 Å². The Morgan fingerprint density at radius 3 is 2.92 bits per heavy atom. The smallest absolute Gasteiger partial charge is 0.256 e. The largest absolute Gasteiger partial charge is 0.360 e. The maximum atomic E-state index is 13.5. The van der Waals surface area contributed by atoms with E-state index in [1.165, 1.54) is 12.1 Å². The summed E-state index contributed by atoms with van der Waals surface area (Å²) in [5.74, 6) is -0.767. The van der Waals surface area contributed by atoms with Gasteiger partial charge >= 0.3 is 0 Å². The summed E-state index contributed by atoms with van der Waals surface area (Å²) in [6.45, 7) is 5.27. The number of hydrogen-bond acceptors (Lipinski definition) is 3. The molecular weight excluding hydrogens is 335 g/mol. The van der Waals surface area contributed by atoms with E-state index >= 15 is 0 Å². The first-order valence-corrected chi connectivity index (χ1v) is 8.51. The van der Waals surface area contributed by atoms with Crippen molar-refractivity contribution in [2.24, 2.45) is 0 Å². The lowest BCUT2D eigenvalue weighted by atomic mass is 10.0. The monoisotopic (exact) mass is 356 g/mol. The van der Waals surface area contributed by atoms with E-state index in [0.717, 1.165) is 12.1 Å². The van der Waals surface area contributed by atoms with Crippen LogP contribution in [0.4, 0.5) is 15.8 Å². The Balaban J connectivity index is 1.81. The number of carbonyl (C=O) groups is 2. The molecule has 26 heavy (non-hydrogen) atoms. The quantitative estimate of drug-likeness (QED) is 0.474. The SMILES string of the molecule is CCNCCC(=O)Nc1c[nH]c(/C=C2\C(=O)Nc3ccc(F)cc32)c1C. The summed E-state index contributed by atoms with van der Waals surface area (Å²) in [5.41, 5.74) is 3.66. The van der Waals surface area contributed by atoms with E-state index < -0.39 is 5.82 Å². The molecule has 1 aliphatic heterocycles. The van der Waals surface area contributed by atoms with Crippen LogP contribution in [0.3, 0.4) is 0 Å². The molecule has 3 rings (SSSR count). The molecule has 0 atom stereocenters. The van der Waals surface area contributed by atoms with E-state index in [1.807, 2.05) is 13.8 Å². The fraction of sp³-hybridized carbons (Fsp3) is 0.263. The van der Waals surface area contributed by atoms with E-state index in [2.05, 4.69) is 20.9 Å². The van der Waals surface area contributed by atoms with Crippen LogP contribution in [0.1, 0.15) is 30.2 Å². The molecular formula is C19H21FN4O2. The first-order chi connectivity index (χ1) is 12.5. The Kier molecular flexibility index (Phi) is 5.18. The second-order valence-corrected chi connectivity index (χ2v) is 6.09. The molecule has 0 saturated heterocycles. The number of anilines is 2. The number of halogens is 1. The fourth-order valence-corrected chi connectivity index (χ4v) is 2.83. The minimum Gasteiger partial charge on any atom is -0.360 e. The van der Waals surface area contributed by atoms with Crippen LogP contribution >= 0.6 is 0 Å². The molecule has 0 unspecified atom stereocenters. The van der Waals surface area contributed by atoms with Crippen molar-refractivity contribution in [1.82, 2.24) is 10.3 Å². The number of aromatic nitrogens is 1. The van der Waals surface area contributed by atoms with Gasteiger partial charge in [-0.15, -0.1) is 0 Å². The summed E-state index contributed by atoms with van der Waals surface area (Å²) in [6.07, 6.45) is 3.74. The van der Waals surface area contributed by atoms with Gasteiger partial charge in [0.25, 0.3) is 5.91 Å². The lowest BCUT2D eigenvalue weighted by Crippen LogP contribution is -2.21. The third-order valence-corrected chi connectivity index (χ3v) is 4.29. The fourth-order valence-electron chi connectivity index (χ4n) is 2.83. The summed E-state index contributed by atoms with van der Waals surface area (Å²) in [5, 5.41) is 8.67. The Hall–Kier alpha value is -2.93. The molecule has 1 aliphatic rings. The van der Waals surface area contributed by atoms with Crippen LogP contribution in [0.2, 0.25) is 0 Å². The van der Waals surface area contributed by atoms with Gasteiger partial charge in [0.2, 0.25) is 5.91 Å². The normalized spacial score (nSPS) is 14.4. The van der Waals surface area contributed by atoms with Crippen LogP contribution in [0, 0.1) is 12.7 Å². The predicted octanol–water partition coefficient (Wildman–Crippen LogP) is 2.89. The topological polar surface area (TPSA) is 86.0 Å². The number of hydrogen-bond donors (Lipinski definition) is 4. The van der Waals surface area contributed by atoms with Crippen molar-refractivity contribution in [3.63, 3.8) is 0 Å². The molecule has 1 aromatic heterocycles. The van der Waals surface area contributed by atoms with Crippen molar-refractivity contribution in [3.05, 3.63) is 47.0 Å². The van der Waals surface area contributed by atoms with Gasteiger partial charge in [-0.3, -0.25) is 9.59 Å². The number of H-pyrrole nitrogens is 1. The molecule has 0 spiro atoms. The molecule has 6 nitrogen and oxygen atoms in total. The Bertz CT molecular complexity index is 886. The van der Waals surface area contributed by atoms with Crippen LogP contribution < -0.4 is 16.0 Å². The zero-order valence-electron chi connectivity index (χ0n) is 14.7. The van der Waals surface area contributed by atoms with Crippen molar-refractivity contribution in [2.75, 3.05) is 23.7 Å². The molecule has 2 heterocycles. The number of amides is 2. The molecule has 0 aliphatic carbocycles. The van der Waals surface area contributed by atoms with Crippen LogP contribution in [-0.4, -0.2) is 29.9 Å². The molecule has 0 radical (unpaired) electrons.